The first kappa shape index (κ1) is 32.8. The molecule has 1 aromatic carbocycles. The molecule has 0 spiro atoms. The average Bonchev–Trinajstić information content (AvgIpc) is 3.63. The van der Waals surface area contributed by atoms with Gasteiger partial charge >= 0.3 is 6.09 Å². The first-order valence-corrected chi connectivity index (χ1v) is 16.0. The van der Waals surface area contributed by atoms with Gasteiger partial charge in [0.1, 0.15) is 29.7 Å². The zero-order valence-electron chi connectivity index (χ0n) is 26.7. The number of imidazole rings is 1. The number of benzene rings is 1. The zero-order valence-corrected chi connectivity index (χ0v) is 26.7. The molecule has 2 aliphatic heterocycles. The number of anilines is 1. The van der Waals surface area contributed by atoms with E-state index in [1.54, 1.807) is 51.1 Å². The molecule has 47 heavy (non-hydrogen) atoms. The predicted molar refractivity (Wildman–Crippen MR) is 166 cm³/mol. The highest BCUT2D eigenvalue weighted by atomic mass is 19.3. The molecule has 1 N–H and O–H groups in total. The number of carbonyl (C=O) groups is 2. The van der Waals surface area contributed by atoms with Gasteiger partial charge in [-0.05, 0) is 58.6 Å². The number of aromatic nitrogens is 4. The Morgan fingerprint density at radius 3 is 2.47 bits per heavy atom. The summed E-state index contributed by atoms with van der Waals surface area (Å²) >= 11 is 0. The first-order chi connectivity index (χ1) is 22.4. The molecule has 3 fully saturated rings. The highest BCUT2D eigenvalue weighted by Crippen LogP contribution is 2.31. The van der Waals surface area contributed by atoms with Crippen LogP contribution in [0.15, 0.2) is 30.3 Å². The Hall–Kier alpha value is -4.14. The van der Waals surface area contributed by atoms with E-state index in [2.05, 4.69) is 20.3 Å². The highest BCUT2D eigenvalue weighted by Gasteiger charge is 2.42. The van der Waals surface area contributed by atoms with Crippen LogP contribution in [0.25, 0.3) is 16.9 Å². The fourth-order valence-corrected chi connectivity index (χ4v) is 6.26. The van der Waals surface area contributed by atoms with Crippen LogP contribution >= 0.6 is 0 Å². The van der Waals surface area contributed by atoms with Gasteiger partial charge in [0.2, 0.25) is 17.7 Å². The Morgan fingerprint density at radius 1 is 1.04 bits per heavy atom. The molecule has 3 aliphatic rings. The van der Waals surface area contributed by atoms with Crippen LogP contribution in [-0.2, 0) is 14.3 Å². The third kappa shape index (κ3) is 7.55. The van der Waals surface area contributed by atoms with Crippen molar-refractivity contribution in [3.63, 3.8) is 0 Å². The number of hydrogen-bond acceptors (Lipinski definition) is 9. The monoisotopic (exact) mass is 659 g/mol. The van der Waals surface area contributed by atoms with Gasteiger partial charge in [0.05, 0.1) is 30.8 Å². The fraction of sp³-hybridized carbons (Fsp3) is 0.594. The van der Waals surface area contributed by atoms with Crippen molar-refractivity contribution in [3.8, 4) is 11.7 Å². The molecule has 4 heterocycles. The Labute approximate surface area is 270 Å². The van der Waals surface area contributed by atoms with E-state index in [4.69, 9.17) is 14.2 Å². The van der Waals surface area contributed by atoms with Crippen molar-refractivity contribution < 1.29 is 37.0 Å². The number of rotatable bonds is 7. The summed E-state index contributed by atoms with van der Waals surface area (Å²) < 4.78 is 61.2. The van der Waals surface area contributed by atoms with E-state index in [9.17, 15) is 22.8 Å². The second-order valence-electron chi connectivity index (χ2n) is 13.1. The van der Waals surface area contributed by atoms with Crippen LogP contribution in [-0.4, -0.2) is 99.2 Å². The Bertz CT molecular complexity index is 1580. The molecular formula is C32H40F3N7O5. The van der Waals surface area contributed by atoms with E-state index in [1.165, 1.54) is 9.47 Å². The second kappa shape index (κ2) is 13.5. The lowest BCUT2D eigenvalue weighted by Crippen LogP contribution is -2.50. The average molecular weight is 660 g/mol. The third-order valence-electron chi connectivity index (χ3n) is 8.47. The number of ether oxygens (including phenoxy) is 3. The van der Waals surface area contributed by atoms with Crippen molar-refractivity contribution in [2.45, 2.75) is 89.3 Å². The summed E-state index contributed by atoms with van der Waals surface area (Å²) in [5, 5.41) is 2.99. The molecular weight excluding hydrogens is 619 g/mol. The molecule has 2 saturated heterocycles. The van der Waals surface area contributed by atoms with E-state index in [1.807, 2.05) is 4.90 Å². The maximum absolute atomic E-state index is 14.3. The van der Waals surface area contributed by atoms with Crippen LogP contribution in [0.4, 0.5) is 23.9 Å². The largest absolute Gasteiger partial charge is 0.474 e. The molecule has 3 aromatic rings. The lowest BCUT2D eigenvalue weighted by Gasteiger charge is -2.32. The van der Waals surface area contributed by atoms with Crippen molar-refractivity contribution >= 4 is 29.0 Å². The number of amides is 2. The van der Waals surface area contributed by atoms with Crippen molar-refractivity contribution in [2.75, 3.05) is 37.7 Å². The number of alkyl halides is 3. The van der Waals surface area contributed by atoms with Crippen molar-refractivity contribution in [1.29, 1.82) is 0 Å². The van der Waals surface area contributed by atoms with Gasteiger partial charge in [-0.2, -0.15) is 9.97 Å². The van der Waals surface area contributed by atoms with Gasteiger partial charge in [-0.25, -0.2) is 22.9 Å². The number of halogens is 3. The van der Waals surface area contributed by atoms with Crippen LogP contribution in [0.2, 0.25) is 0 Å². The Kier molecular flexibility index (Phi) is 9.44. The summed E-state index contributed by atoms with van der Waals surface area (Å²) in [5.74, 6) is -0.0179. The molecule has 254 valence electrons. The third-order valence-corrected chi connectivity index (χ3v) is 8.47. The van der Waals surface area contributed by atoms with E-state index in [0.717, 1.165) is 0 Å². The summed E-state index contributed by atoms with van der Waals surface area (Å²) in [6.07, 6.45) is -2.84. The summed E-state index contributed by atoms with van der Waals surface area (Å²) in [6.45, 7) is 7.01. The van der Waals surface area contributed by atoms with Crippen LogP contribution in [0.1, 0.15) is 65.1 Å². The SMILES string of the molecule is CC(C)(C)OC(=O)N1C[C@@H](F)C[C@H]1C(=O)N[C@H]1CC[C@H](Oc2cc(-n3c(C(F)F)nc4ccccc43)nc(N3CCOCC3)n2)CC1. The zero-order chi connectivity index (χ0) is 33.3. The van der Waals surface area contributed by atoms with Gasteiger partial charge in [0.15, 0.2) is 5.82 Å². The molecule has 2 aromatic heterocycles. The smallest absolute Gasteiger partial charge is 0.411 e. The van der Waals surface area contributed by atoms with Crippen LogP contribution in [0.3, 0.4) is 0 Å². The lowest BCUT2D eigenvalue weighted by molar-refractivity contribution is -0.126. The van der Waals surface area contributed by atoms with Gasteiger partial charge in [-0.1, -0.05) is 12.1 Å². The van der Waals surface area contributed by atoms with Crippen LogP contribution < -0.4 is 15.0 Å². The summed E-state index contributed by atoms with van der Waals surface area (Å²) in [7, 11) is 0. The molecule has 0 bridgehead atoms. The van der Waals surface area contributed by atoms with Gasteiger partial charge in [-0.3, -0.25) is 14.3 Å². The standard InChI is InChI=1S/C32H40F3N7O5/c1-32(2,3)47-31(44)41-18-19(33)16-24(41)29(43)36-20-8-10-21(11-9-20)46-26-17-25(38-30(39-26)40-12-14-45-15-13-40)42-23-7-5-4-6-22(23)37-28(42)27(34)35/h4-7,17,19-21,24,27H,8-16,18H2,1-3H3,(H,36,43)/t19-,20-,21-,24-/m0/s1. The maximum Gasteiger partial charge on any atom is 0.411 e. The minimum atomic E-state index is -2.84. The van der Waals surface area contributed by atoms with Gasteiger partial charge in [0.25, 0.3) is 6.43 Å². The minimum Gasteiger partial charge on any atom is -0.474 e. The molecule has 15 heteroatoms. The predicted octanol–water partition coefficient (Wildman–Crippen LogP) is 4.74. The van der Waals surface area contributed by atoms with Gasteiger partial charge in [0, 0.05) is 31.6 Å². The Balaban J connectivity index is 1.15. The molecule has 2 atom stereocenters. The molecule has 1 aliphatic carbocycles. The molecule has 1 saturated carbocycles. The normalized spacial score (nSPS) is 23.7. The number of fused-ring (bicyclic) bond motifs is 1. The van der Waals surface area contributed by atoms with E-state index in [0.29, 0.717) is 69.0 Å². The molecule has 0 radical (unpaired) electrons. The van der Waals surface area contributed by atoms with Crippen molar-refractivity contribution in [2.24, 2.45) is 0 Å². The topological polar surface area (TPSA) is 124 Å². The number of hydrogen-bond donors (Lipinski definition) is 1. The number of carbonyl (C=O) groups excluding carboxylic acids is 2. The number of para-hydroxylation sites is 2. The second-order valence-corrected chi connectivity index (χ2v) is 13.1. The number of nitrogens with zero attached hydrogens (tertiary/aromatic N) is 6. The van der Waals surface area contributed by atoms with Crippen LogP contribution in [0, 0.1) is 0 Å². The molecule has 0 unspecified atom stereocenters. The molecule has 6 rings (SSSR count). The summed E-state index contributed by atoms with van der Waals surface area (Å²) in [5.41, 5.74) is 0.144. The minimum absolute atomic E-state index is 0.0788. The maximum atomic E-state index is 14.3. The van der Waals surface area contributed by atoms with Crippen molar-refractivity contribution in [1.82, 2.24) is 29.7 Å². The number of nitrogens with one attached hydrogen (secondary N) is 1. The van der Waals surface area contributed by atoms with Crippen LogP contribution in [0.5, 0.6) is 5.88 Å². The van der Waals surface area contributed by atoms with E-state index in [-0.39, 0.29) is 36.8 Å². The van der Waals surface area contributed by atoms with Crippen molar-refractivity contribution in [3.05, 3.63) is 36.2 Å². The molecule has 2 amide bonds. The number of likely N-dealkylation sites (tertiary alicyclic amines) is 1. The van der Waals surface area contributed by atoms with E-state index < -0.39 is 42.1 Å². The fourth-order valence-electron chi connectivity index (χ4n) is 6.26. The summed E-state index contributed by atoms with van der Waals surface area (Å²) in [6, 6.07) is 7.31. The Morgan fingerprint density at radius 2 is 1.77 bits per heavy atom. The molecule has 12 nitrogen and oxygen atoms in total. The number of morpholine rings is 1. The lowest BCUT2D eigenvalue weighted by atomic mass is 9.92. The van der Waals surface area contributed by atoms with Gasteiger partial charge < -0.3 is 24.4 Å². The first-order valence-electron chi connectivity index (χ1n) is 16.0. The quantitative estimate of drug-likeness (QED) is 0.383. The highest BCUT2D eigenvalue weighted by molar-refractivity contribution is 5.86. The van der Waals surface area contributed by atoms with Gasteiger partial charge in [-0.15, -0.1) is 0 Å². The summed E-state index contributed by atoms with van der Waals surface area (Å²) in [4.78, 5) is 42.4. The van der Waals surface area contributed by atoms with E-state index >= 15 is 0 Å².